The molecule has 2 aromatic rings. The Labute approximate surface area is 170 Å². The molecule has 0 bridgehead atoms. The van der Waals surface area contributed by atoms with Gasteiger partial charge in [-0.3, -0.25) is 19.0 Å². The van der Waals surface area contributed by atoms with Crippen molar-refractivity contribution in [2.75, 3.05) is 12.9 Å². The van der Waals surface area contributed by atoms with Gasteiger partial charge in [0.1, 0.15) is 29.6 Å². The highest BCUT2D eigenvalue weighted by Crippen LogP contribution is 2.36. The summed E-state index contributed by atoms with van der Waals surface area (Å²) in [6, 6.07) is 0. The van der Waals surface area contributed by atoms with Crippen LogP contribution in [-0.4, -0.2) is 68.6 Å². The van der Waals surface area contributed by atoms with Crippen LogP contribution < -0.4 is 0 Å². The maximum absolute atomic E-state index is 11.7. The van der Waals surface area contributed by atoms with Crippen LogP contribution in [0.15, 0.2) is 17.7 Å². The minimum atomic E-state index is -0.998. The van der Waals surface area contributed by atoms with Crippen LogP contribution in [0, 0.1) is 0 Å². The fraction of sp³-hybridized carbons (Fsp3) is 0.529. The van der Waals surface area contributed by atoms with Gasteiger partial charge in [0.2, 0.25) is 0 Å². The Morgan fingerprint density at radius 2 is 1.76 bits per heavy atom. The first-order chi connectivity index (χ1) is 13.8. The van der Waals surface area contributed by atoms with Crippen LogP contribution in [0.4, 0.5) is 0 Å². The number of carbonyl (C=O) groups is 3. The predicted octanol–water partition coefficient (Wildman–Crippen LogP) is 0.872. The minimum Gasteiger partial charge on any atom is -0.463 e. The van der Waals surface area contributed by atoms with Gasteiger partial charge in [0.15, 0.2) is 24.1 Å². The molecule has 0 N–H and O–H groups in total. The second-order valence-electron chi connectivity index (χ2n) is 6.22. The van der Waals surface area contributed by atoms with E-state index in [0.29, 0.717) is 16.2 Å². The summed E-state index contributed by atoms with van der Waals surface area (Å²) in [4.78, 5) is 47.4. The topological polar surface area (TPSA) is 132 Å². The van der Waals surface area contributed by atoms with Gasteiger partial charge in [0, 0.05) is 20.8 Å². The quantitative estimate of drug-likeness (QED) is 0.283. The Hall–Kier alpha value is -2.73. The van der Waals surface area contributed by atoms with Crippen molar-refractivity contribution in [1.82, 2.24) is 19.5 Å². The molecule has 3 rings (SSSR count). The summed E-state index contributed by atoms with van der Waals surface area (Å²) in [6.45, 7) is 3.53. The number of hydrogen-bond donors (Lipinski definition) is 0. The summed E-state index contributed by atoms with van der Waals surface area (Å²) in [5, 5.41) is 0.670. The van der Waals surface area contributed by atoms with E-state index in [-0.39, 0.29) is 6.61 Å². The third kappa shape index (κ3) is 4.48. The van der Waals surface area contributed by atoms with Crippen molar-refractivity contribution in [1.29, 1.82) is 0 Å². The fourth-order valence-corrected chi connectivity index (χ4v) is 3.57. The Kier molecular flexibility index (Phi) is 6.33. The summed E-state index contributed by atoms with van der Waals surface area (Å²) in [6.07, 6.45) is 0.999. The molecule has 0 radical (unpaired) electrons. The Morgan fingerprint density at radius 1 is 1.07 bits per heavy atom. The van der Waals surface area contributed by atoms with Crippen LogP contribution in [0.25, 0.3) is 11.2 Å². The molecule has 0 saturated carbocycles. The van der Waals surface area contributed by atoms with E-state index in [9.17, 15) is 14.4 Å². The molecule has 0 aliphatic carbocycles. The van der Waals surface area contributed by atoms with E-state index in [1.165, 1.54) is 45.2 Å². The standard InChI is InChI=1S/C17H20N4O7S/c1-8(22)25-5-11-13(26-9(2)23)14(27-10(3)24)17(28-11)21-7-20-12-15(21)18-6-19-16(12)29-4/h6-7,11,13-14,17H,5H2,1-4H3/t11-,13+,14-,17-/m1/s1. The van der Waals surface area contributed by atoms with Crippen LogP contribution in [-0.2, 0) is 33.3 Å². The van der Waals surface area contributed by atoms with Crippen molar-refractivity contribution in [3.63, 3.8) is 0 Å². The number of hydrogen-bond acceptors (Lipinski definition) is 11. The van der Waals surface area contributed by atoms with Crippen molar-refractivity contribution >= 4 is 40.8 Å². The van der Waals surface area contributed by atoms with Crippen molar-refractivity contribution in [2.45, 2.75) is 50.3 Å². The predicted molar refractivity (Wildman–Crippen MR) is 98.8 cm³/mol. The summed E-state index contributed by atoms with van der Waals surface area (Å²) >= 11 is 1.41. The Morgan fingerprint density at radius 3 is 2.38 bits per heavy atom. The van der Waals surface area contributed by atoms with Crippen LogP contribution in [0.2, 0.25) is 0 Å². The van der Waals surface area contributed by atoms with Gasteiger partial charge in [0.05, 0.1) is 6.33 Å². The zero-order valence-electron chi connectivity index (χ0n) is 16.2. The van der Waals surface area contributed by atoms with Gasteiger partial charge < -0.3 is 18.9 Å². The molecule has 3 heterocycles. The first-order valence-electron chi connectivity index (χ1n) is 8.66. The average molecular weight is 424 g/mol. The molecule has 29 heavy (non-hydrogen) atoms. The zero-order chi connectivity index (χ0) is 21.1. The lowest BCUT2D eigenvalue weighted by molar-refractivity contribution is -0.166. The molecule has 11 nitrogen and oxygen atoms in total. The van der Waals surface area contributed by atoms with Crippen molar-refractivity contribution < 1.29 is 33.3 Å². The number of fused-ring (bicyclic) bond motifs is 1. The molecule has 0 spiro atoms. The maximum atomic E-state index is 11.7. The molecule has 1 saturated heterocycles. The highest BCUT2D eigenvalue weighted by Gasteiger charge is 2.51. The summed E-state index contributed by atoms with van der Waals surface area (Å²) in [5.41, 5.74) is 1.01. The fourth-order valence-electron chi connectivity index (χ4n) is 3.08. The molecule has 1 fully saturated rings. The SMILES string of the molecule is CSc1ncnc2c1ncn2[C@@H]1O[C@H](COC(C)=O)[C@H](OC(C)=O)[C@H]1OC(C)=O. The van der Waals surface area contributed by atoms with Gasteiger partial charge in [-0.1, -0.05) is 0 Å². The number of carbonyl (C=O) groups excluding carboxylic acids is 3. The van der Waals surface area contributed by atoms with Crippen LogP contribution in [0.1, 0.15) is 27.0 Å². The first-order valence-corrected chi connectivity index (χ1v) is 9.89. The van der Waals surface area contributed by atoms with Gasteiger partial charge >= 0.3 is 17.9 Å². The van der Waals surface area contributed by atoms with Gasteiger partial charge in [-0.25, -0.2) is 15.0 Å². The lowest BCUT2D eigenvalue weighted by Crippen LogP contribution is -2.40. The van der Waals surface area contributed by atoms with Crippen molar-refractivity contribution in [2.24, 2.45) is 0 Å². The number of esters is 3. The minimum absolute atomic E-state index is 0.181. The van der Waals surface area contributed by atoms with Crippen LogP contribution in [0.5, 0.6) is 0 Å². The smallest absolute Gasteiger partial charge is 0.303 e. The number of ether oxygens (including phenoxy) is 4. The second-order valence-corrected chi connectivity index (χ2v) is 7.02. The molecule has 1 aliphatic heterocycles. The summed E-state index contributed by atoms with van der Waals surface area (Å²) in [5.74, 6) is -1.70. The number of imidazole rings is 1. The van der Waals surface area contributed by atoms with Gasteiger partial charge in [0.25, 0.3) is 0 Å². The first kappa shape index (κ1) is 21.0. The van der Waals surface area contributed by atoms with Crippen LogP contribution >= 0.6 is 11.8 Å². The van der Waals surface area contributed by atoms with Crippen LogP contribution in [0.3, 0.4) is 0 Å². The molecule has 1 aliphatic rings. The lowest BCUT2D eigenvalue weighted by Gasteiger charge is -2.23. The summed E-state index contributed by atoms with van der Waals surface area (Å²) < 4.78 is 23.4. The summed E-state index contributed by atoms with van der Waals surface area (Å²) in [7, 11) is 0. The van der Waals surface area contributed by atoms with E-state index >= 15 is 0 Å². The monoisotopic (exact) mass is 424 g/mol. The third-order valence-electron chi connectivity index (χ3n) is 4.13. The molecular formula is C17H20N4O7S. The lowest BCUT2D eigenvalue weighted by atomic mass is 10.1. The molecular weight excluding hydrogens is 404 g/mol. The molecule has 0 aromatic carbocycles. The molecule has 156 valence electrons. The molecule has 12 heteroatoms. The number of thioether (sulfide) groups is 1. The molecule has 0 unspecified atom stereocenters. The van der Waals surface area contributed by atoms with E-state index in [1.807, 2.05) is 6.26 Å². The largest absolute Gasteiger partial charge is 0.463 e. The van der Waals surface area contributed by atoms with Gasteiger partial charge in [-0.2, -0.15) is 0 Å². The van der Waals surface area contributed by atoms with E-state index in [4.69, 9.17) is 18.9 Å². The number of aromatic nitrogens is 4. The van der Waals surface area contributed by atoms with Gasteiger partial charge in [-0.15, -0.1) is 11.8 Å². The highest BCUT2D eigenvalue weighted by molar-refractivity contribution is 7.98. The highest BCUT2D eigenvalue weighted by atomic mass is 32.2. The van der Waals surface area contributed by atoms with Gasteiger partial charge in [-0.05, 0) is 6.26 Å². The van der Waals surface area contributed by atoms with E-state index in [0.717, 1.165) is 0 Å². The number of rotatable bonds is 6. The second kappa shape index (κ2) is 8.74. The average Bonchev–Trinajstić information content (AvgIpc) is 3.21. The van der Waals surface area contributed by atoms with E-state index in [1.54, 1.807) is 4.57 Å². The normalized spacial score (nSPS) is 23.7. The van der Waals surface area contributed by atoms with Crippen molar-refractivity contribution in [3.05, 3.63) is 12.7 Å². The Balaban J connectivity index is 2.02. The van der Waals surface area contributed by atoms with E-state index in [2.05, 4.69) is 15.0 Å². The molecule has 0 amide bonds. The molecule has 2 aromatic heterocycles. The third-order valence-corrected chi connectivity index (χ3v) is 4.82. The number of nitrogens with zero attached hydrogens (tertiary/aromatic N) is 4. The zero-order valence-corrected chi connectivity index (χ0v) is 17.0. The Bertz CT molecular complexity index is 934. The molecule has 4 atom stereocenters. The van der Waals surface area contributed by atoms with Crippen molar-refractivity contribution in [3.8, 4) is 0 Å². The maximum Gasteiger partial charge on any atom is 0.303 e. The van der Waals surface area contributed by atoms with E-state index < -0.39 is 42.4 Å².